The van der Waals surface area contributed by atoms with Gasteiger partial charge in [0.05, 0.1) is 5.92 Å². The molecule has 1 atom stereocenters. The van der Waals surface area contributed by atoms with Gasteiger partial charge in [0.15, 0.2) is 0 Å². The summed E-state index contributed by atoms with van der Waals surface area (Å²) < 4.78 is 0. The van der Waals surface area contributed by atoms with Gasteiger partial charge in [0, 0.05) is 63.8 Å². The van der Waals surface area contributed by atoms with Crippen LogP contribution in [-0.2, 0) is 16.1 Å². The van der Waals surface area contributed by atoms with Crippen molar-refractivity contribution in [1.82, 2.24) is 14.8 Å². The highest BCUT2D eigenvalue weighted by atomic mass is 16.2. The third kappa shape index (κ3) is 4.07. The van der Waals surface area contributed by atoms with Gasteiger partial charge in [0.1, 0.15) is 0 Å². The summed E-state index contributed by atoms with van der Waals surface area (Å²) in [6.45, 7) is 6.55. The lowest BCUT2D eigenvalue weighted by atomic mass is 10.1. The standard InChI is InChI=1S/C22H26N4O2/c1-17-2-4-20(5-3-17)26-16-19(14-21(26)27)22(28)25-12-10-24(11-13-25)15-18-6-8-23-9-7-18/h2-9,19H,10-16H2,1H3/t19-/m0/s1. The van der Waals surface area contributed by atoms with Crippen molar-refractivity contribution in [1.29, 1.82) is 0 Å². The number of aromatic nitrogens is 1. The van der Waals surface area contributed by atoms with Crippen LogP contribution in [0.3, 0.4) is 0 Å². The predicted molar refractivity (Wildman–Crippen MR) is 108 cm³/mol. The molecule has 3 heterocycles. The first-order valence-corrected chi connectivity index (χ1v) is 9.87. The normalized spacial score (nSPS) is 20.6. The Morgan fingerprint density at radius 1 is 1.04 bits per heavy atom. The summed E-state index contributed by atoms with van der Waals surface area (Å²) in [5.41, 5.74) is 3.28. The van der Waals surface area contributed by atoms with E-state index in [-0.39, 0.29) is 17.7 Å². The van der Waals surface area contributed by atoms with E-state index in [1.165, 1.54) is 5.56 Å². The summed E-state index contributed by atoms with van der Waals surface area (Å²) >= 11 is 0. The summed E-state index contributed by atoms with van der Waals surface area (Å²) in [6.07, 6.45) is 3.93. The van der Waals surface area contributed by atoms with Crippen LogP contribution in [0.5, 0.6) is 0 Å². The Kier molecular flexibility index (Phi) is 5.39. The number of pyridine rings is 1. The molecular formula is C22H26N4O2. The van der Waals surface area contributed by atoms with E-state index in [0.29, 0.717) is 13.0 Å². The number of nitrogens with zero attached hydrogens (tertiary/aromatic N) is 4. The number of piperazine rings is 1. The zero-order valence-corrected chi connectivity index (χ0v) is 16.3. The van der Waals surface area contributed by atoms with Gasteiger partial charge in [-0.15, -0.1) is 0 Å². The van der Waals surface area contributed by atoms with Crippen LogP contribution in [0.15, 0.2) is 48.8 Å². The van der Waals surface area contributed by atoms with Crippen LogP contribution in [-0.4, -0.2) is 59.3 Å². The van der Waals surface area contributed by atoms with E-state index in [1.54, 1.807) is 4.90 Å². The molecule has 0 aliphatic carbocycles. The monoisotopic (exact) mass is 378 g/mol. The number of benzene rings is 1. The molecule has 0 spiro atoms. The Hall–Kier alpha value is -2.73. The molecule has 146 valence electrons. The van der Waals surface area contributed by atoms with Crippen LogP contribution in [0.25, 0.3) is 0 Å². The Morgan fingerprint density at radius 2 is 1.71 bits per heavy atom. The second kappa shape index (κ2) is 8.10. The van der Waals surface area contributed by atoms with Crippen molar-refractivity contribution in [3.05, 3.63) is 59.9 Å². The molecule has 6 nitrogen and oxygen atoms in total. The van der Waals surface area contributed by atoms with Crippen LogP contribution in [0.4, 0.5) is 5.69 Å². The molecular weight excluding hydrogens is 352 g/mol. The van der Waals surface area contributed by atoms with E-state index < -0.39 is 0 Å². The molecule has 0 saturated carbocycles. The number of hydrogen-bond acceptors (Lipinski definition) is 4. The minimum Gasteiger partial charge on any atom is -0.340 e. The zero-order valence-electron chi connectivity index (χ0n) is 16.3. The van der Waals surface area contributed by atoms with Crippen molar-refractivity contribution in [3.8, 4) is 0 Å². The van der Waals surface area contributed by atoms with Gasteiger partial charge in [-0.2, -0.15) is 0 Å². The van der Waals surface area contributed by atoms with Crippen molar-refractivity contribution >= 4 is 17.5 Å². The lowest BCUT2D eigenvalue weighted by Gasteiger charge is -2.35. The molecule has 4 rings (SSSR count). The molecule has 2 saturated heterocycles. The molecule has 2 aliphatic rings. The average Bonchev–Trinajstić information content (AvgIpc) is 3.11. The maximum absolute atomic E-state index is 13.0. The molecule has 0 unspecified atom stereocenters. The fraction of sp³-hybridized carbons (Fsp3) is 0.409. The average molecular weight is 378 g/mol. The van der Waals surface area contributed by atoms with Crippen molar-refractivity contribution in [2.45, 2.75) is 19.9 Å². The summed E-state index contributed by atoms with van der Waals surface area (Å²) in [6, 6.07) is 12.0. The summed E-state index contributed by atoms with van der Waals surface area (Å²) in [7, 11) is 0. The van der Waals surface area contributed by atoms with Crippen molar-refractivity contribution in [2.75, 3.05) is 37.6 Å². The fourth-order valence-corrected chi connectivity index (χ4v) is 3.98. The SMILES string of the molecule is Cc1ccc(N2C[C@@H](C(=O)N3CCN(Cc4ccncc4)CC3)CC2=O)cc1. The smallest absolute Gasteiger partial charge is 0.228 e. The molecule has 2 amide bonds. The van der Waals surface area contributed by atoms with Crippen molar-refractivity contribution in [3.63, 3.8) is 0 Å². The fourth-order valence-electron chi connectivity index (χ4n) is 3.98. The molecule has 2 fully saturated rings. The van der Waals surface area contributed by atoms with Crippen LogP contribution in [0.2, 0.25) is 0 Å². The topological polar surface area (TPSA) is 56.8 Å². The Morgan fingerprint density at radius 3 is 2.39 bits per heavy atom. The van der Waals surface area contributed by atoms with E-state index in [4.69, 9.17) is 0 Å². The molecule has 2 aliphatic heterocycles. The molecule has 6 heteroatoms. The van der Waals surface area contributed by atoms with Gasteiger partial charge < -0.3 is 9.80 Å². The van der Waals surface area contributed by atoms with Gasteiger partial charge in [-0.1, -0.05) is 17.7 Å². The number of anilines is 1. The lowest BCUT2D eigenvalue weighted by Crippen LogP contribution is -2.50. The molecule has 1 aromatic carbocycles. The molecule has 0 radical (unpaired) electrons. The predicted octanol–water partition coefficient (Wildman–Crippen LogP) is 2.09. The number of carbonyl (C=O) groups is 2. The first-order chi connectivity index (χ1) is 13.6. The minimum atomic E-state index is -0.236. The number of aryl methyl sites for hydroxylation is 1. The van der Waals surface area contributed by atoms with Crippen molar-refractivity contribution < 1.29 is 9.59 Å². The van der Waals surface area contributed by atoms with Gasteiger partial charge in [-0.05, 0) is 36.8 Å². The first-order valence-electron chi connectivity index (χ1n) is 9.87. The van der Waals surface area contributed by atoms with Crippen LogP contribution >= 0.6 is 0 Å². The second-order valence-electron chi connectivity index (χ2n) is 7.70. The first kappa shape index (κ1) is 18.6. The molecule has 0 N–H and O–H groups in total. The number of amides is 2. The van der Waals surface area contributed by atoms with Gasteiger partial charge in [0.25, 0.3) is 0 Å². The van der Waals surface area contributed by atoms with Gasteiger partial charge in [-0.3, -0.25) is 19.5 Å². The van der Waals surface area contributed by atoms with E-state index in [9.17, 15) is 9.59 Å². The van der Waals surface area contributed by atoms with E-state index >= 15 is 0 Å². The third-order valence-corrected chi connectivity index (χ3v) is 5.66. The summed E-state index contributed by atoms with van der Waals surface area (Å²) in [5, 5.41) is 0. The maximum atomic E-state index is 13.0. The zero-order chi connectivity index (χ0) is 19.5. The maximum Gasteiger partial charge on any atom is 0.228 e. The Balaban J connectivity index is 1.32. The Labute approximate surface area is 165 Å². The van der Waals surface area contributed by atoms with Gasteiger partial charge in [-0.25, -0.2) is 0 Å². The quantitative estimate of drug-likeness (QED) is 0.818. The summed E-state index contributed by atoms with van der Waals surface area (Å²) in [5.74, 6) is -0.0781. The molecule has 28 heavy (non-hydrogen) atoms. The number of carbonyl (C=O) groups excluding carboxylic acids is 2. The lowest BCUT2D eigenvalue weighted by molar-refractivity contribution is -0.137. The highest BCUT2D eigenvalue weighted by Crippen LogP contribution is 2.27. The van der Waals surface area contributed by atoms with Crippen LogP contribution < -0.4 is 4.90 Å². The summed E-state index contributed by atoms with van der Waals surface area (Å²) in [4.78, 5) is 35.5. The highest BCUT2D eigenvalue weighted by Gasteiger charge is 2.37. The van der Waals surface area contributed by atoms with Gasteiger partial charge >= 0.3 is 0 Å². The second-order valence-corrected chi connectivity index (χ2v) is 7.70. The molecule has 1 aromatic heterocycles. The molecule has 0 bridgehead atoms. The Bertz CT molecular complexity index is 829. The van der Waals surface area contributed by atoms with E-state index in [1.807, 2.05) is 60.6 Å². The van der Waals surface area contributed by atoms with E-state index in [2.05, 4.69) is 9.88 Å². The van der Waals surface area contributed by atoms with Crippen LogP contribution in [0.1, 0.15) is 17.5 Å². The number of hydrogen-bond donors (Lipinski definition) is 0. The molecule has 2 aromatic rings. The van der Waals surface area contributed by atoms with Crippen LogP contribution in [0, 0.1) is 12.8 Å². The van der Waals surface area contributed by atoms with Crippen molar-refractivity contribution in [2.24, 2.45) is 5.92 Å². The minimum absolute atomic E-state index is 0.0403. The number of rotatable bonds is 4. The third-order valence-electron chi connectivity index (χ3n) is 5.66. The van der Waals surface area contributed by atoms with Gasteiger partial charge in [0.2, 0.25) is 11.8 Å². The highest BCUT2D eigenvalue weighted by molar-refractivity contribution is 6.00. The largest absolute Gasteiger partial charge is 0.340 e. The van der Waals surface area contributed by atoms with E-state index in [0.717, 1.165) is 44.0 Å².